The topological polar surface area (TPSA) is 46.9 Å². The molecule has 0 aliphatic heterocycles. The van der Waals surface area contributed by atoms with Gasteiger partial charge in [-0.25, -0.2) is 4.98 Å². The summed E-state index contributed by atoms with van der Waals surface area (Å²) < 4.78 is 2.26. The summed E-state index contributed by atoms with van der Waals surface area (Å²) in [6.45, 7) is 5.28. The highest BCUT2D eigenvalue weighted by Crippen LogP contribution is 2.17. The molecule has 0 unspecified atom stereocenters. The van der Waals surface area contributed by atoms with Crippen LogP contribution in [0.15, 0.2) is 60.7 Å². The van der Waals surface area contributed by atoms with Crippen molar-refractivity contribution in [2.75, 3.05) is 6.54 Å². The lowest BCUT2D eigenvalue weighted by molar-refractivity contribution is -0.123. The molecule has 140 valence electrons. The van der Waals surface area contributed by atoms with E-state index in [0.29, 0.717) is 6.54 Å². The molecule has 0 aliphatic carbocycles. The Bertz CT molecular complexity index is 910. The minimum Gasteiger partial charge on any atom is -0.356 e. The number of nitrogens with one attached hydrogen (secondary N) is 1. The Hall–Kier alpha value is -2.88. The third-order valence-electron chi connectivity index (χ3n) is 4.53. The predicted octanol–water partition coefficient (Wildman–Crippen LogP) is 4.45. The molecule has 3 aromatic rings. The van der Waals surface area contributed by atoms with Gasteiger partial charge in [0.2, 0.25) is 5.91 Å². The number of para-hydroxylation sites is 2. The Balaban J connectivity index is 1.70. The molecule has 0 aliphatic rings. The Morgan fingerprint density at radius 2 is 1.85 bits per heavy atom. The number of aromatic nitrogens is 2. The number of fused-ring (bicyclic) bond motifs is 1. The van der Waals surface area contributed by atoms with E-state index < -0.39 is 0 Å². The largest absolute Gasteiger partial charge is 0.356 e. The minimum absolute atomic E-state index is 0.0256. The number of amides is 1. The van der Waals surface area contributed by atoms with Gasteiger partial charge in [0.15, 0.2) is 0 Å². The van der Waals surface area contributed by atoms with E-state index in [1.807, 2.05) is 44.2 Å². The molecule has 0 bridgehead atoms. The number of hydrogen-bond donors (Lipinski definition) is 1. The van der Waals surface area contributed by atoms with Gasteiger partial charge in [0, 0.05) is 25.4 Å². The summed E-state index contributed by atoms with van der Waals surface area (Å²) in [5.41, 5.74) is 3.36. The van der Waals surface area contributed by atoms with Gasteiger partial charge in [-0.15, -0.1) is 0 Å². The zero-order valence-corrected chi connectivity index (χ0v) is 16.1. The Labute approximate surface area is 160 Å². The monoisotopic (exact) mass is 361 g/mol. The quantitative estimate of drug-likeness (QED) is 0.602. The van der Waals surface area contributed by atoms with Gasteiger partial charge < -0.3 is 9.88 Å². The van der Waals surface area contributed by atoms with Crippen molar-refractivity contribution in [2.45, 2.75) is 33.2 Å². The fourth-order valence-electron chi connectivity index (χ4n) is 3.04. The van der Waals surface area contributed by atoms with Crippen LogP contribution in [-0.4, -0.2) is 22.0 Å². The maximum absolute atomic E-state index is 11.7. The Morgan fingerprint density at radius 3 is 2.63 bits per heavy atom. The van der Waals surface area contributed by atoms with E-state index in [9.17, 15) is 4.79 Å². The summed E-state index contributed by atoms with van der Waals surface area (Å²) in [5, 5.41) is 2.98. The van der Waals surface area contributed by atoms with Crippen molar-refractivity contribution in [3.05, 3.63) is 72.1 Å². The second kappa shape index (κ2) is 9.17. The lowest BCUT2D eigenvalue weighted by Gasteiger charge is -2.09. The molecular weight excluding hydrogens is 334 g/mol. The van der Waals surface area contributed by atoms with Gasteiger partial charge in [-0.1, -0.05) is 68.5 Å². The second-order valence-electron chi connectivity index (χ2n) is 6.99. The molecule has 1 amide bonds. The third kappa shape index (κ3) is 5.07. The molecule has 0 fully saturated rings. The third-order valence-corrected chi connectivity index (χ3v) is 4.53. The van der Waals surface area contributed by atoms with Gasteiger partial charge >= 0.3 is 0 Å². The van der Waals surface area contributed by atoms with Crippen LogP contribution in [0.1, 0.15) is 31.7 Å². The molecule has 0 radical (unpaired) electrons. The first-order valence-electron chi connectivity index (χ1n) is 9.58. The van der Waals surface area contributed by atoms with Crippen LogP contribution in [0, 0.1) is 5.92 Å². The number of carbonyl (C=O) groups excluding carboxylic acids is 1. The number of carbonyl (C=O) groups is 1. The van der Waals surface area contributed by atoms with Crippen molar-refractivity contribution in [3.63, 3.8) is 0 Å². The first-order chi connectivity index (χ1) is 13.1. The van der Waals surface area contributed by atoms with Crippen LogP contribution in [0.4, 0.5) is 0 Å². The molecule has 1 heterocycles. The predicted molar refractivity (Wildman–Crippen MR) is 111 cm³/mol. The molecule has 27 heavy (non-hydrogen) atoms. The number of nitrogens with zero attached hydrogens (tertiary/aromatic N) is 2. The van der Waals surface area contributed by atoms with Crippen LogP contribution in [0.5, 0.6) is 0 Å². The van der Waals surface area contributed by atoms with Gasteiger partial charge in [0.25, 0.3) is 0 Å². The molecule has 4 heteroatoms. The molecular formula is C23H27N3O. The molecule has 0 saturated carbocycles. The van der Waals surface area contributed by atoms with E-state index >= 15 is 0 Å². The lowest BCUT2D eigenvalue weighted by atomic mass is 10.2. The van der Waals surface area contributed by atoms with E-state index in [1.54, 1.807) is 0 Å². The zero-order valence-electron chi connectivity index (χ0n) is 16.1. The molecule has 1 aromatic heterocycles. The van der Waals surface area contributed by atoms with Crippen molar-refractivity contribution in [1.82, 2.24) is 14.9 Å². The van der Waals surface area contributed by atoms with Crippen molar-refractivity contribution < 1.29 is 4.79 Å². The van der Waals surface area contributed by atoms with E-state index in [1.165, 1.54) is 5.56 Å². The van der Waals surface area contributed by atoms with Crippen LogP contribution in [0.25, 0.3) is 17.1 Å². The first-order valence-corrected chi connectivity index (χ1v) is 9.58. The molecule has 3 rings (SSSR count). The molecule has 0 spiro atoms. The highest BCUT2D eigenvalue weighted by molar-refractivity contribution is 5.77. The summed E-state index contributed by atoms with van der Waals surface area (Å²) in [4.78, 5) is 16.5. The zero-order chi connectivity index (χ0) is 19.1. The van der Waals surface area contributed by atoms with Gasteiger partial charge in [-0.2, -0.15) is 0 Å². The van der Waals surface area contributed by atoms with Crippen LogP contribution in [-0.2, 0) is 17.8 Å². The average Bonchev–Trinajstić information content (AvgIpc) is 3.03. The highest BCUT2D eigenvalue weighted by atomic mass is 16.1. The fourth-order valence-corrected chi connectivity index (χ4v) is 3.04. The standard InChI is InChI=1S/C23H27N3O/c1-18(2)23(27)24-16-8-15-22-25-20-13-6-7-14-21(20)26(22)17-9-12-19-10-4-3-5-11-19/h3-7,9-14,18H,8,15-17H2,1-2H3,(H,24,27)/b12-9+. The Morgan fingerprint density at radius 1 is 1.11 bits per heavy atom. The fraction of sp³-hybridized carbons (Fsp3) is 0.304. The highest BCUT2D eigenvalue weighted by Gasteiger charge is 2.10. The van der Waals surface area contributed by atoms with Gasteiger partial charge in [-0.05, 0) is 24.1 Å². The number of imidazole rings is 1. The summed E-state index contributed by atoms with van der Waals surface area (Å²) >= 11 is 0. The molecule has 0 atom stereocenters. The van der Waals surface area contributed by atoms with E-state index in [-0.39, 0.29) is 11.8 Å². The van der Waals surface area contributed by atoms with Crippen LogP contribution < -0.4 is 5.32 Å². The summed E-state index contributed by atoms with van der Waals surface area (Å²) in [7, 11) is 0. The maximum atomic E-state index is 11.7. The molecule has 2 aromatic carbocycles. The summed E-state index contributed by atoms with van der Waals surface area (Å²) in [6, 6.07) is 18.5. The van der Waals surface area contributed by atoms with Crippen LogP contribution in [0.3, 0.4) is 0 Å². The van der Waals surface area contributed by atoms with Crippen molar-refractivity contribution >= 4 is 23.0 Å². The van der Waals surface area contributed by atoms with Crippen molar-refractivity contribution in [1.29, 1.82) is 0 Å². The van der Waals surface area contributed by atoms with Gasteiger partial charge in [-0.3, -0.25) is 4.79 Å². The molecule has 0 saturated heterocycles. The lowest BCUT2D eigenvalue weighted by Crippen LogP contribution is -2.28. The average molecular weight is 361 g/mol. The van der Waals surface area contributed by atoms with E-state index in [0.717, 1.165) is 36.2 Å². The Kier molecular flexibility index (Phi) is 6.42. The second-order valence-corrected chi connectivity index (χ2v) is 6.99. The normalized spacial score (nSPS) is 11.5. The number of aryl methyl sites for hydroxylation is 1. The number of hydrogen-bond acceptors (Lipinski definition) is 2. The number of allylic oxidation sites excluding steroid dienone is 1. The van der Waals surface area contributed by atoms with Crippen molar-refractivity contribution in [3.8, 4) is 0 Å². The molecule has 1 N–H and O–H groups in total. The van der Waals surface area contributed by atoms with E-state index in [4.69, 9.17) is 4.98 Å². The smallest absolute Gasteiger partial charge is 0.222 e. The SMILES string of the molecule is CC(C)C(=O)NCCCc1nc2ccccc2n1C/C=C/c1ccccc1. The van der Waals surface area contributed by atoms with Crippen LogP contribution in [0.2, 0.25) is 0 Å². The maximum Gasteiger partial charge on any atom is 0.222 e. The minimum atomic E-state index is 0.0256. The van der Waals surface area contributed by atoms with Crippen LogP contribution >= 0.6 is 0 Å². The van der Waals surface area contributed by atoms with Gasteiger partial charge in [0.1, 0.15) is 5.82 Å². The number of benzene rings is 2. The molecule has 4 nitrogen and oxygen atoms in total. The summed E-state index contributed by atoms with van der Waals surface area (Å²) in [6.07, 6.45) is 6.03. The van der Waals surface area contributed by atoms with E-state index in [2.05, 4.69) is 46.3 Å². The van der Waals surface area contributed by atoms with Gasteiger partial charge in [0.05, 0.1) is 11.0 Å². The summed E-state index contributed by atoms with van der Waals surface area (Å²) in [5.74, 6) is 1.19. The number of rotatable bonds is 8. The first kappa shape index (κ1) is 18.9. The van der Waals surface area contributed by atoms with Crippen molar-refractivity contribution in [2.24, 2.45) is 5.92 Å².